The van der Waals surface area contributed by atoms with Crippen LogP contribution in [0.1, 0.15) is 28.9 Å². The molecule has 1 aromatic carbocycles. The number of amides is 1. The molecule has 2 N–H and O–H groups in total. The Morgan fingerprint density at radius 2 is 1.68 bits per heavy atom. The highest BCUT2D eigenvalue weighted by Crippen LogP contribution is 2.13. The number of likely N-dealkylation sites (N-methyl/N-ethyl adjacent to an activating group) is 1. The summed E-state index contributed by atoms with van der Waals surface area (Å²) in [6, 6.07) is 7.64. The zero-order valence-electron chi connectivity index (χ0n) is 11.5. The summed E-state index contributed by atoms with van der Waals surface area (Å²) in [7, 11) is 2.08. The molecule has 0 unspecified atom stereocenters. The monoisotopic (exact) mass is 283 g/mol. The third kappa shape index (κ3) is 3.93. The number of nitrogens with two attached hydrogens (primary N) is 1. The van der Waals surface area contributed by atoms with Crippen LogP contribution in [0.4, 0.5) is 0 Å². The first kappa shape index (κ1) is 16.0. The minimum Gasteiger partial charge on any atom is -0.336 e. The number of halogens is 1. The molecule has 1 aliphatic heterocycles. The molecule has 0 spiro atoms. The first-order valence-electron chi connectivity index (χ1n) is 6.41. The van der Waals surface area contributed by atoms with Gasteiger partial charge in [-0.15, -0.1) is 12.4 Å². The molecule has 0 radical (unpaired) electrons. The number of benzene rings is 1. The Hall–Kier alpha value is -1.10. The molecule has 0 bridgehead atoms. The number of nitrogens with zero attached hydrogens (tertiary/aromatic N) is 2. The maximum Gasteiger partial charge on any atom is 0.253 e. The van der Waals surface area contributed by atoms with Gasteiger partial charge >= 0.3 is 0 Å². The molecular formula is C14H22ClN3O. The fraction of sp³-hybridized carbons (Fsp3) is 0.500. The van der Waals surface area contributed by atoms with E-state index in [0.717, 1.165) is 37.3 Å². The van der Waals surface area contributed by atoms with Gasteiger partial charge in [0.2, 0.25) is 0 Å². The summed E-state index contributed by atoms with van der Waals surface area (Å²) in [5.41, 5.74) is 7.61. The second-order valence-electron chi connectivity index (χ2n) is 5.01. The van der Waals surface area contributed by atoms with Gasteiger partial charge in [0.05, 0.1) is 0 Å². The molecule has 5 heteroatoms. The van der Waals surface area contributed by atoms with Crippen molar-refractivity contribution >= 4 is 18.3 Å². The normalized spacial score (nSPS) is 17.7. The molecule has 0 aliphatic carbocycles. The molecule has 0 saturated carbocycles. The number of rotatable bonds is 2. The highest BCUT2D eigenvalue weighted by atomic mass is 35.5. The second kappa shape index (κ2) is 6.89. The maximum absolute atomic E-state index is 12.3. The fourth-order valence-electron chi connectivity index (χ4n) is 2.12. The molecule has 1 amide bonds. The van der Waals surface area contributed by atoms with E-state index in [9.17, 15) is 4.79 Å². The van der Waals surface area contributed by atoms with Crippen LogP contribution in [0.5, 0.6) is 0 Å². The lowest BCUT2D eigenvalue weighted by Crippen LogP contribution is -2.47. The number of carbonyl (C=O) groups is 1. The SMILES string of the molecule is C[C@H](N)c1ccc(C(=O)N2CCN(C)CC2)cc1.Cl. The smallest absolute Gasteiger partial charge is 0.253 e. The summed E-state index contributed by atoms with van der Waals surface area (Å²) in [6.45, 7) is 5.46. The van der Waals surface area contributed by atoms with Crippen LogP contribution < -0.4 is 5.73 Å². The number of hydrogen-bond donors (Lipinski definition) is 1. The van der Waals surface area contributed by atoms with Gasteiger partial charge in [-0.05, 0) is 31.7 Å². The van der Waals surface area contributed by atoms with Gasteiger partial charge in [0.25, 0.3) is 5.91 Å². The highest BCUT2D eigenvalue weighted by Gasteiger charge is 2.20. The zero-order valence-corrected chi connectivity index (χ0v) is 12.3. The molecule has 1 aliphatic rings. The van der Waals surface area contributed by atoms with E-state index < -0.39 is 0 Å². The van der Waals surface area contributed by atoms with E-state index in [-0.39, 0.29) is 24.4 Å². The molecule has 4 nitrogen and oxygen atoms in total. The van der Waals surface area contributed by atoms with Crippen LogP contribution in [-0.2, 0) is 0 Å². The van der Waals surface area contributed by atoms with Gasteiger partial charge in [-0.3, -0.25) is 4.79 Å². The quantitative estimate of drug-likeness (QED) is 0.895. The third-order valence-corrected chi connectivity index (χ3v) is 3.47. The minimum atomic E-state index is 0. The predicted molar refractivity (Wildman–Crippen MR) is 79.7 cm³/mol. The molecular weight excluding hydrogens is 262 g/mol. The Labute approximate surface area is 121 Å². The molecule has 1 aromatic rings. The van der Waals surface area contributed by atoms with E-state index in [4.69, 9.17) is 5.73 Å². The molecule has 1 fully saturated rings. The Bertz CT molecular complexity index is 411. The lowest BCUT2D eigenvalue weighted by molar-refractivity contribution is 0.0664. The van der Waals surface area contributed by atoms with Crippen molar-refractivity contribution in [3.8, 4) is 0 Å². The van der Waals surface area contributed by atoms with Gasteiger partial charge in [-0.2, -0.15) is 0 Å². The van der Waals surface area contributed by atoms with Crippen LogP contribution in [0.25, 0.3) is 0 Å². The van der Waals surface area contributed by atoms with E-state index in [1.807, 2.05) is 36.1 Å². The van der Waals surface area contributed by atoms with Crippen molar-refractivity contribution in [2.24, 2.45) is 5.73 Å². The summed E-state index contributed by atoms with van der Waals surface area (Å²) in [6.07, 6.45) is 0. The largest absolute Gasteiger partial charge is 0.336 e. The van der Waals surface area contributed by atoms with Crippen molar-refractivity contribution in [3.05, 3.63) is 35.4 Å². The summed E-state index contributed by atoms with van der Waals surface area (Å²) < 4.78 is 0. The van der Waals surface area contributed by atoms with Crippen molar-refractivity contribution in [3.63, 3.8) is 0 Å². The average Bonchev–Trinajstić information content (AvgIpc) is 2.39. The van der Waals surface area contributed by atoms with Crippen molar-refractivity contribution < 1.29 is 4.79 Å². The van der Waals surface area contributed by atoms with Gasteiger partial charge in [0.15, 0.2) is 0 Å². The lowest BCUT2D eigenvalue weighted by Gasteiger charge is -2.32. The second-order valence-corrected chi connectivity index (χ2v) is 5.01. The molecule has 106 valence electrons. The molecule has 2 rings (SSSR count). The van der Waals surface area contributed by atoms with Gasteiger partial charge in [-0.1, -0.05) is 12.1 Å². The first-order valence-corrected chi connectivity index (χ1v) is 6.41. The van der Waals surface area contributed by atoms with Crippen LogP contribution in [0.2, 0.25) is 0 Å². The summed E-state index contributed by atoms with van der Waals surface area (Å²) >= 11 is 0. The molecule has 19 heavy (non-hydrogen) atoms. The van der Waals surface area contributed by atoms with Crippen LogP contribution in [0.3, 0.4) is 0 Å². The summed E-state index contributed by atoms with van der Waals surface area (Å²) in [4.78, 5) is 16.4. The molecule has 0 aromatic heterocycles. The van der Waals surface area contributed by atoms with Crippen molar-refractivity contribution in [2.75, 3.05) is 33.2 Å². The van der Waals surface area contributed by atoms with Gasteiger partial charge in [0, 0.05) is 37.8 Å². The van der Waals surface area contributed by atoms with Crippen LogP contribution in [-0.4, -0.2) is 48.9 Å². The molecule has 1 heterocycles. The van der Waals surface area contributed by atoms with E-state index in [1.54, 1.807) is 0 Å². The highest BCUT2D eigenvalue weighted by molar-refractivity contribution is 5.94. The molecule has 1 atom stereocenters. The maximum atomic E-state index is 12.3. The Morgan fingerprint density at radius 1 is 1.16 bits per heavy atom. The van der Waals surface area contributed by atoms with Crippen LogP contribution >= 0.6 is 12.4 Å². The van der Waals surface area contributed by atoms with Crippen LogP contribution in [0, 0.1) is 0 Å². The van der Waals surface area contributed by atoms with Gasteiger partial charge < -0.3 is 15.5 Å². The van der Waals surface area contributed by atoms with Crippen molar-refractivity contribution in [2.45, 2.75) is 13.0 Å². The third-order valence-electron chi connectivity index (χ3n) is 3.47. The number of hydrogen-bond acceptors (Lipinski definition) is 3. The number of carbonyl (C=O) groups excluding carboxylic acids is 1. The molecule has 1 saturated heterocycles. The van der Waals surface area contributed by atoms with E-state index in [1.165, 1.54) is 0 Å². The van der Waals surface area contributed by atoms with Crippen molar-refractivity contribution in [1.82, 2.24) is 9.80 Å². The van der Waals surface area contributed by atoms with E-state index in [2.05, 4.69) is 11.9 Å². The van der Waals surface area contributed by atoms with Crippen molar-refractivity contribution in [1.29, 1.82) is 0 Å². The average molecular weight is 284 g/mol. The van der Waals surface area contributed by atoms with E-state index in [0.29, 0.717) is 0 Å². The summed E-state index contributed by atoms with van der Waals surface area (Å²) in [5, 5.41) is 0. The Morgan fingerprint density at radius 3 is 2.16 bits per heavy atom. The number of piperazine rings is 1. The fourth-order valence-corrected chi connectivity index (χ4v) is 2.12. The van der Waals surface area contributed by atoms with Crippen LogP contribution in [0.15, 0.2) is 24.3 Å². The zero-order chi connectivity index (χ0) is 13.1. The minimum absolute atomic E-state index is 0. The van der Waals surface area contributed by atoms with Gasteiger partial charge in [0.1, 0.15) is 0 Å². The standard InChI is InChI=1S/C14H21N3O.ClH/c1-11(15)12-3-5-13(6-4-12)14(18)17-9-7-16(2)8-10-17;/h3-6,11H,7-10,15H2,1-2H3;1H/t11-;/m0./s1. The summed E-state index contributed by atoms with van der Waals surface area (Å²) in [5.74, 6) is 0.124. The first-order chi connectivity index (χ1) is 8.58. The topological polar surface area (TPSA) is 49.6 Å². The van der Waals surface area contributed by atoms with Gasteiger partial charge in [-0.25, -0.2) is 0 Å². The Balaban J connectivity index is 0.00000180. The Kier molecular flexibility index (Phi) is 5.79. The van der Waals surface area contributed by atoms with E-state index >= 15 is 0 Å². The predicted octanol–water partition coefficient (Wildman–Crippen LogP) is 1.52. The lowest BCUT2D eigenvalue weighted by atomic mass is 10.1.